The molecule has 1 aliphatic rings. The number of Topliss-reactive ketones (excluding diaryl/α,β-unsaturated/α-hetero) is 1. The van der Waals surface area contributed by atoms with Crippen molar-refractivity contribution in [3.05, 3.63) is 0 Å². The summed E-state index contributed by atoms with van der Waals surface area (Å²) in [7, 11) is 0. The molecule has 1 unspecified atom stereocenters. The van der Waals surface area contributed by atoms with Crippen molar-refractivity contribution in [3.63, 3.8) is 0 Å². The molecule has 1 fully saturated rings. The van der Waals surface area contributed by atoms with E-state index in [4.69, 9.17) is 5.11 Å². The van der Waals surface area contributed by atoms with Crippen molar-refractivity contribution < 1.29 is 9.90 Å². The Morgan fingerprint density at radius 2 is 2.50 bits per heavy atom. The molecule has 1 atom stereocenters. The van der Waals surface area contributed by atoms with Gasteiger partial charge in [0.25, 0.3) is 0 Å². The fourth-order valence-electron chi connectivity index (χ4n) is 1.05. The van der Waals surface area contributed by atoms with Crippen LogP contribution in [0, 0.1) is 5.92 Å². The molecule has 0 aromatic carbocycles. The lowest BCUT2D eigenvalue weighted by Gasteiger charge is -1.97. The molecule has 0 aromatic heterocycles. The van der Waals surface area contributed by atoms with Gasteiger partial charge >= 0.3 is 0 Å². The van der Waals surface area contributed by atoms with Gasteiger partial charge in [-0.3, -0.25) is 4.79 Å². The minimum atomic E-state index is 0.186. The quantitative estimate of drug-likeness (QED) is 0.534. The van der Waals surface area contributed by atoms with Crippen LogP contribution in [0.3, 0.4) is 0 Å². The Labute approximate surface area is 48.5 Å². The minimum absolute atomic E-state index is 0.186. The van der Waals surface area contributed by atoms with E-state index in [0.29, 0.717) is 18.6 Å². The Kier molecular flexibility index (Phi) is 1.63. The summed E-state index contributed by atoms with van der Waals surface area (Å²) in [5, 5.41) is 8.53. The third-order valence-electron chi connectivity index (χ3n) is 1.61. The summed E-state index contributed by atoms with van der Waals surface area (Å²) < 4.78 is 0. The highest BCUT2D eigenvalue weighted by molar-refractivity contribution is 5.80. The number of aliphatic hydroxyl groups is 1. The van der Waals surface area contributed by atoms with Crippen molar-refractivity contribution >= 4 is 5.78 Å². The molecule has 2 heteroatoms. The number of aliphatic hydroxyl groups excluding tert-OH is 1. The van der Waals surface area contributed by atoms with E-state index in [1.165, 1.54) is 0 Å². The molecule has 2 nitrogen and oxygen atoms in total. The maximum Gasteiger partial charge on any atom is 0.133 e. The van der Waals surface area contributed by atoms with Crippen molar-refractivity contribution in [2.45, 2.75) is 19.3 Å². The molecule has 0 aliphatic heterocycles. The van der Waals surface area contributed by atoms with Gasteiger partial charge in [-0.15, -0.1) is 0 Å². The molecule has 0 amide bonds. The molecule has 8 heavy (non-hydrogen) atoms. The monoisotopic (exact) mass is 114 g/mol. The fourth-order valence-corrected chi connectivity index (χ4v) is 1.05. The molecule has 0 saturated heterocycles. The third kappa shape index (κ3) is 1.07. The molecule has 1 saturated carbocycles. The van der Waals surface area contributed by atoms with E-state index >= 15 is 0 Å². The van der Waals surface area contributed by atoms with E-state index in [0.717, 1.165) is 6.42 Å². The summed E-state index contributed by atoms with van der Waals surface area (Å²) in [5.74, 6) is 0.589. The summed E-state index contributed by atoms with van der Waals surface area (Å²) in [6.45, 7) is 0.186. The van der Waals surface area contributed by atoms with Crippen LogP contribution in [0.25, 0.3) is 0 Å². The molecule has 0 aromatic rings. The maximum absolute atomic E-state index is 10.5. The van der Waals surface area contributed by atoms with Gasteiger partial charge in [0.2, 0.25) is 0 Å². The zero-order chi connectivity index (χ0) is 5.98. The molecule has 1 rings (SSSR count). The van der Waals surface area contributed by atoms with Crippen LogP contribution in [-0.2, 0) is 4.79 Å². The van der Waals surface area contributed by atoms with Crippen LogP contribution < -0.4 is 0 Å². The number of carbonyl (C=O) groups is 1. The molecule has 1 N–H and O–H groups in total. The minimum Gasteiger partial charge on any atom is -0.396 e. The number of hydrogen-bond acceptors (Lipinski definition) is 2. The van der Waals surface area contributed by atoms with Crippen LogP contribution in [0.4, 0.5) is 0 Å². The second-order valence-corrected chi connectivity index (χ2v) is 2.33. The molecular formula is C6H10O2. The van der Waals surface area contributed by atoms with Crippen molar-refractivity contribution in [1.29, 1.82) is 0 Å². The average molecular weight is 114 g/mol. The van der Waals surface area contributed by atoms with E-state index < -0.39 is 0 Å². The zero-order valence-electron chi connectivity index (χ0n) is 4.76. The third-order valence-corrected chi connectivity index (χ3v) is 1.61. The van der Waals surface area contributed by atoms with Gasteiger partial charge in [0.1, 0.15) is 5.78 Å². The first kappa shape index (κ1) is 5.76. The average Bonchev–Trinajstić information content (AvgIpc) is 2.14. The summed E-state index contributed by atoms with van der Waals surface area (Å²) in [6, 6.07) is 0. The van der Waals surface area contributed by atoms with E-state index in [2.05, 4.69) is 0 Å². The van der Waals surface area contributed by atoms with Gasteiger partial charge in [0.05, 0.1) is 0 Å². The van der Waals surface area contributed by atoms with Crippen LogP contribution in [0.1, 0.15) is 19.3 Å². The van der Waals surface area contributed by atoms with Gasteiger partial charge in [-0.25, -0.2) is 0 Å². The van der Waals surface area contributed by atoms with Crippen LogP contribution in [0.5, 0.6) is 0 Å². The smallest absolute Gasteiger partial charge is 0.133 e. The van der Waals surface area contributed by atoms with Crippen LogP contribution in [0.2, 0.25) is 0 Å². The lowest BCUT2D eigenvalue weighted by molar-refractivity contribution is -0.117. The van der Waals surface area contributed by atoms with E-state index in [1.807, 2.05) is 0 Å². The Balaban J connectivity index is 2.32. The van der Waals surface area contributed by atoms with Crippen molar-refractivity contribution in [2.24, 2.45) is 5.92 Å². The van der Waals surface area contributed by atoms with Crippen molar-refractivity contribution in [3.8, 4) is 0 Å². The van der Waals surface area contributed by atoms with Gasteiger partial charge in [-0.1, -0.05) is 0 Å². The Morgan fingerprint density at radius 1 is 1.75 bits per heavy atom. The summed E-state index contributed by atoms with van der Waals surface area (Å²) in [5.41, 5.74) is 0. The van der Waals surface area contributed by atoms with Gasteiger partial charge in [0, 0.05) is 19.4 Å². The van der Waals surface area contributed by atoms with E-state index in [9.17, 15) is 4.79 Å². The van der Waals surface area contributed by atoms with Crippen molar-refractivity contribution in [1.82, 2.24) is 0 Å². The summed E-state index contributed by atoms with van der Waals surface area (Å²) in [6.07, 6.45) is 2.19. The Bertz CT molecular complexity index is 98.7. The molecule has 0 radical (unpaired) electrons. The molecule has 0 spiro atoms. The zero-order valence-corrected chi connectivity index (χ0v) is 4.76. The molecule has 0 heterocycles. The molecule has 46 valence electrons. The first-order valence-corrected chi connectivity index (χ1v) is 2.95. The summed E-state index contributed by atoms with van der Waals surface area (Å²) in [4.78, 5) is 10.5. The lowest BCUT2D eigenvalue weighted by Crippen LogP contribution is -1.99. The predicted molar refractivity (Wildman–Crippen MR) is 29.4 cm³/mol. The molecular weight excluding hydrogens is 104 g/mol. The normalized spacial score (nSPS) is 29.1. The van der Waals surface area contributed by atoms with Gasteiger partial charge in [0.15, 0.2) is 0 Å². The van der Waals surface area contributed by atoms with E-state index in [1.54, 1.807) is 0 Å². The second-order valence-electron chi connectivity index (χ2n) is 2.33. The molecule has 1 aliphatic carbocycles. The van der Waals surface area contributed by atoms with Crippen LogP contribution in [-0.4, -0.2) is 17.5 Å². The number of carbonyl (C=O) groups excluding carboxylic acids is 1. The first-order chi connectivity index (χ1) is 3.83. The van der Waals surface area contributed by atoms with Gasteiger partial charge in [-0.2, -0.15) is 0 Å². The predicted octanol–water partition coefficient (Wildman–Crippen LogP) is 0.348. The highest BCUT2D eigenvalue weighted by Crippen LogP contribution is 2.20. The number of rotatable bonds is 1. The summed E-state index contributed by atoms with van der Waals surface area (Å²) >= 11 is 0. The number of hydrogen-bond donors (Lipinski definition) is 1. The highest BCUT2D eigenvalue weighted by Gasteiger charge is 2.20. The van der Waals surface area contributed by atoms with E-state index in [-0.39, 0.29) is 12.5 Å². The standard InChI is InChI=1S/C6H10O2/c7-4-5-1-2-6(8)3-5/h5,7H,1-4H2. The Morgan fingerprint density at radius 3 is 2.75 bits per heavy atom. The Hall–Kier alpha value is -0.370. The first-order valence-electron chi connectivity index (χ1n) is 2.95. The lowest BCUT2D eigenvalue weighted by atomic mass is 10.1. The van der Waals surface area contributed by atoms with Gasteiger partial charge in [-0.05, 0) is 12.3 Å². The highest BCUT2D eigenvalue weighted by atomic mass is 16.3. The largest absolute Gasteiger partial charge is 0.396 e. The van der Waals surface area contributed by atoms with Crippen LogP contribution in [0.15, 0.2) is 0 Å². The number of ketones is 1. The van der Waals surface area contributed by atoms with Gasteiger partial charge < -0.3 is 5.11 Å². The maximum atomic E-state index is 10.5. The SMILES string of the molecule is O=C1CCC(CO)C1. The molecule has 0 bridgehead atoms. The fraction of sp³-hybridized carbons (Fsp3) is 0.833. The van der Waals surface area contributed by atoms with Crippen LogP contribution >= 0.6 is 0 Å². The van der Waals surface area contributed by atoms with Crippen molar-refractivity contribution in [2.75, 3.05) is 6.61 Å². The second kappa shape index (κ2) is 2.27. The topological polar surface area (TPSA) is 37.3 Å².